The number of halogens is 1. The Morgan fingerprint density at radius 3 is 2.63 bits per heavy atom. The molecule has 3 aromatic rings. The van der Waals surface area contributed by atoms with Crippen molar-refractivity contribution < 1.29 is 13.9 Å². The van der Waals surface area contributed by atoms with Gasteiger partial charge >= 0.3 is 0 Å². The number of hydrogen-bond donors (Lipinski definition) is 1. The predicted octanol–water partition coefficient (Wildman–Crippen LogP) is 3.08. The van der Waals surface area contributed by atoms with Gasteiger partial charge in [0, 0.05) is 11.8 Å². The summed E-state index contributed by atoms with van der Waals surface area (Å²) in [4.78, 5) is 24.4. The number of benzene rings is 2. The standard InChI is InChI=1S/C20H18FN3O3/c1-2-27-17-8-6-16(7-9-17)22-20(26)18-10-11-19(25)24(23-18)13-14-4-3-5-15(21)12-14/h3-12H,2,13H2,1H3,(H,22,26). The van der Waals surface area contributed by atoms with E-state index in [1.165, 1.54) is 24.3 Å². The molecule has 2 aromatic carbocycles. The fourth-order valence-electron chi connectivity index (χ4n) is 2.49. The van der Waals surface area contributed by atoms with E-state index < -0.39 is 11.7 Å². The summed E-state index contributed by atoms with van der Waals surface area (Å²) >= 11 is 0. The van der Waals surface area contributed by atoms with Crippen molar-refractivity contribution in [3.63, 3.8) is 0 Å². The molecule has 7 heteroatoms. The molecular weight excluding hydrogens is 349 g/mol. The molecule has 0 unspecified atom stereocenters. The van der Waals surface area contributed by atoms with E-state index >= 15 is 0 Å². The molecule has 0 radical (unpaired) electrons. The highest BCUT2D eigenvalue weighted by atomic mass is 19.1. The van der Waals surface area contributed by atoms with Crippen LogP contribution in [0.1, 0.15) is 23.0 Å². The molecule has 0 saturated heterocycles. The quantitative estimate of drug-likeness (QED) is 0.727. The number of hydrogen-bond acceptors (Lipinski definition) is 4. The summed E-state index contributed by atoms with van der Waals surface area (Å²) in [6.45, 7) is 2.52. The van der Waals surface area contributed by atoms with Crippen LogP contribution in [-0.4, -0.2) is 22.3 Å². The second-order valence-corrected chi connectivity index (χ2v) is 5.76. The summed E-state index contributed by atoms with van der Waals surface area (Å²) in [7, 11) is 0. The zero-order chi connectivity index (χ0) is 19.2. The first kappa shape index (κ1) is 18.3. The van der Waals surface area contributed by atoms with Crippen LogP contribution >= 0.6 is 0 Å². The van der Waals surface area contributed by atoms with Crippen molar-refractivity contribution in [2.45, 2.75) is 13.5 Å². The number of anilines is 1. The topological polar surface area (TPSA) is 73.2 Å². The van der Waals surface area contributed by atoms with Crippen molar-refractivity contribution >= 4 is 11.6 Å². The smallest absolute Gasteiger partial charge is 0.276 e. The van der Waals surface area contributed by atoms with Crippen LogP contribution in [0.25, 0.3) is 0 Å². The molecule has 3 rings (SSSR count). The Bertz CT molecular complexity index is 1000. The van der Waals surface area contributed by atoms with Gasteiger partial charge in [0.1, 0.15) is 17.3 Å². The lowest BCUT2D eigenvalue weighted by Crippen LogP contribution is -2.26. The first-order valence-corrected chi connectivity index (χ1v) is 8.42. The Balaban J connectivity index is 1.76. The van der Waals surface area contributed by atoms with E-state index in [9.17, 15) is 14.0 Å². The lowest BCUT2D eigenvalue weighted by Gasteiger charge is -2.09. The first-order valence-electron chi connectivity index (χ1n) is 8.42. The van der Waals surface area contributed by atoms with Crippen LogP contribution in [0.4, 0.5) is 10.1 Å². The summed E-state index contributed by atoms with van der Waals surface area (Å²) < 4.78 is 19.8. The monoisotopic (exact) mass is 367 g/mol. The van der Waals surface area contributed by atoms with Gasteiger partial charge in [-0.15, -0.1) is 0 Å². The lowest BCUT2D eigenvalue weighted by molar-refractivity contribution is 0.102. The average Bonchev–Trinajstić information content (AvgIpc) is 2.65. The maximum Gasteiger partial charge on any atom is 0.276 e. The van der Waals surface area contributed by atoms with Gasteiger partial charge in [0.25, 0.3) is 11.5 Å². The highest BCUT2D eigenvalue weighted by Crippen LogP contribution is 2.16. The molecule has 6 nitrogen and oxygen atoms in total. The van der Waals surface area contributed by atoms with E-state index in [4.69, 9.17) is 4.74 Å². The Kier molecular flexibility index (Phi) is 5.61. The van der Waals surface area contributed by atoms with E-state index in [0.717, 1.165) is 4.68 Å². The molecule has 0 bridgehead atoms. The van der Waals surface area contributed by atoms with Gasteiger partial charge in [0.15, 0.2) is 0 Å². The maximum absolute atomic E-state index is 13.3. The minimum absolute atomic E-state index is 0.0702. The molecule has 0 fully saturated rings. The van der Waals surface area contributed by atoms with Crippen LogP contribution in [0.5, 0.6) is 5.75 Å². The zero-order valence-electron chi connectivity index (χ0n) is 14.7. The molecule has 0 saturated carbocycles. The molecule has 1 amide bonds. The molecule has 0 aliphatic rings. The Hall–Kier alpha value is -3.48. The van der Waals surface area contributed by atoms with E-state index in [0.29, 0.717) is 23.6 Å². The number of amides is 1. The second-order valence-electron chi connectivity index (χ2n) is 5.76. The highest BCUT2D eigenvalue weighted by molar-refractivity contribution is 6.02. The van der Waals surface area contributed by atoms with Gasteiger partial charge in [0.2, 0.25) is 0 Å². The zero-order valence-corrected chi connectivity index (χ0v) is 14.7. The van der Waals surface area contributed by atoms with Crippen molar-refractivity contribution in [2.75, 3.05) is 11.9 Å². The molecule has 138 valence electrons. The number of carbonyl (C=O) groups excluding carboxylic acids is 1. The van der Waals surface area contributed by atoms with Gasteiger partial charge in [-0.3, -0.25) is 9.59 Å². The first-order chi connectivity index (χ1) is 13.0. The fraction of sp³-hybridized carbons (Fsp3) is 0.150. The summed E-state index contributed by atoms with van der Waals surface area (Å²) in [5.41, 5.74) is 0.860. The summed E-state index contributed by atoms with van der Waals surface area (Å²) in [6.07, 6.45) is 0. The van der Waals surface area contributed by atoms with E-state index in [1.807, 2.05) is 6.92 Å². The third-order valence-corrected chi connectivity index (χ3v) is 3.74. The van der Waals surface area contributed by atoms with Crippen molar-refractivity contribution in [2.24, 2.45) is 0 Å². The van der Waals surface area contributed by atoms with Crippen LogP contribution in [0.15, 0.2) is 65.5 Å². The predicted molar refractivity (Wildman–Crippen MR) is 99.6 cm³/mol. The van der Waals surface area contributed by atoms with E-state index in [2.05, 4.69) is 10.4 Å². The van der Waals surface area contributed by atoms with Crippen LogP contribution in [0.3, 0.4) is 0 Å². The maximum atomic E-state index is 13.3. The number of rotatable bonds is 6. The number of nitrogens with zero attached hydrogens (tertiary/aromatic N) is 2. The summed E-state index contributed by atoms with van der Waals surface area (Å²) in [5.74, 6) is -0.144. The van der Waals surface area contributed by atoms with Crippen molar-refractivity contribution in [1.29, 1.82) is 0 Å². The van der Waals surface area contributed by atoms with Gasteiger partial charge < -0.3 is 10.1 Å². The third kappa shape index (κ3) is 4.78. The fourth-order valence-corrected chi connectivity index (χ4v) is 2.49. The van der Waals surface area contributed by atoms with Crippen LogP contribution in [0, 0.1) is 5.82 Å². The summed E-state index contributed by atoms with van der Waals surface area (Å²) in [6, 6.07) is 15.4. The lowest BCUT2D eigenvalue weighted by atomic mass is 10.2. The molecular formula is C20H18FN3O3. The minimum Gasteiger partial charge on any atom is -0.494 e. The number of carbonyl (C=O) groups is 1. The highest BCUT2D eigenvalue weighted by Gasteiger charge is 2.11. The minimum atomic E-state index is -0.452. The van der Waals surface area contributed by atoms with E-state index in [-0.39, 0.29) is 17.8 Å². The molecule has 0 atom stereocenters. The van der Waals surface area contributed by atoms with Gasteiger partial charge in [0.05, 0.1) is 13.2 Å². The SMILES string of the molecule is CCOc1ccc(NC(=O)c2ccc(=O)n(Cc3cccc(F)c3)n2)cc1. The molecule has 0 spiro atoms. The molecule has 1 heterocycles. The van der Waals surface area contributed by atoms with Crippen LogP contribution in [0.2, 0.25) is 0 Å². The number of nitrogens with one attached hydrogen (secondary N) is 1. The summed E-state index contributed by atoms with van der Waals surface area (Å²) in [5, 5.41) is 6.80. The van der Waals surface area contributed by atoms with Crippen molar-refractivity contribution in [3.05, 3.63) is 88.1 Å². The number of ether oxygens (including phenoxy) is 1. The van der Waals surface area contributed by atoms with Crippen LogP contribution in [-0.2, 0) is 6.54 Å². The molecule has 0 aliphatic heterocycles. The number of aromatic nitrogens is 2. The van der Waals surface area contributed by atoms with Gasteiger partial charge in [-0.2, -0.15) is 5.10 Å². The van der Waals surface area contributed by atoms with Gasteiger partial charge in [-0.1, -0.05) is 12.1 Å². The normalized spacial score (nSPS) is 10.4. The van der Waals surface area contributed by atoms with Crippen molar-refractivity contribution in [3.8, 4) is 5.75 Å². The van der Waals surface area contributed by atoms with Gasteiger partial charge in [-0.05, 0) is 55.0 Å². The third-order valence-electron chi connectivity index (χ3n) is 3.74. The largest absolute Gasteiger partial charge is 0.494 e. The van der Waals surface area contributed by atoms with Gasteiger partial charge in [-0.25, -0.2) is 9.07 Å². The Morgan fingerprint density at radius 2 is 1.93 bits per heavy atom. The molecule has 27 heavy (non-hydrogen) atoms. The Labute approximate surface area is 155 Å². The van der Waals surface area contributed by atoms with Crippen LogP contribution < -0.4 is 15.6 Å². The van der Waals surface area contributed by atoms with Crippen molar-refractivity contribution in [1.82, 2.24) is 9.78 Å². The van der Waals surface area contributed by atoms with E-state index in [1.54, 1.807) is 36.4 Å². The molecule has 0 aliphatic carbocycles. The second kappa shape index (κ2) is 8.27. The Morgan fingerprint density at radius 1 is 1.15 bits per heavy atom. The average molecular weight is 367 g/mol. The molecule has 1 aromatic heterocycles. The molecule has 1 N–H and O–H groups in total.